The summed E-state index contributed by atoms with van der Waals surface area (Å²) in [7, 11) is 0. The van der Waals surface area contributed by atoms with E-state index in [9.17, 15) is 13.6 Å². The van der Waals surface area contributed by atoms with Crippen molar-refractivity contribution in [3.8, 4) is 0 Å². The number of hydrogen-bond acceptors (Lipinski definition) is 4. The Morgan fingerprint density at radius 1 is 1.44 bits per heavy atom. The molecule has 16 heavy (non-hydrogen) atoms. The van der Waals surface area contributed by atoms with Crippen molar-refractivity contribution in [3.05, 3.63) is 35.4 Å². The number of hydrogen-bond donors (Lipinski definition) is 2. The first-order valence-electron chi connectivity index (χ1n) is 4.59. The third-order valence-corrected chi connectivity index (χ3v) is 3.12. The van der Waals surface area contributed by atoms with Gasteiger partial charge >= 0.3 is 5.97 Å². The number of carboxylic acid groups (broad SMARTS) is 1. The molecule has 0 aliphatic carbocycles. The average molecular weight is 243 g/mol. The number of carboxylic acids is 1. The second-order valence-electron chi connectivity index (χ2n) is 3.15. The molecule has 0 amide bonds. The van der Waals surface area contributed by atoms with Crippen LogP contribution in [0.1, 0.15) is 27.6 Å². The summed E-state index contributed by atoms with van der Waals surface area (Å²) in [5, 5.41) is 16.7. The Kier molecular flexibility index (Phi) is 4.60. The van der Waals surface area contributed by atoms with E-state index in [0.717, 1.165) is 0 Å². The molecule has 0 aliphatic heterocycles. The van der Waals surface area contributed by atoms with Crippen molar-refractivity contribution in [2.45, 2.75) is 11.7 Å². The average Bonchev–Trinajstić information content (AvgIpc) is 2.25. The topological polar surface area (TPSA) is 97.7 Å². The van der Waals surface area contributed by atoms with Crippen molar-refractivity contribution < 1.29 is 23.8 Å². The van der Waals surface area contributed by atoms with Gasteiger partial charge in [-0.15, -0.1) is 0 Å². The van der Waals surface area contributed by atoms with Gasteiger partial charge in [0.25, 0.3) is 0 Å². The van der Waals surface area contributed by atoms with Crippen LogP contribution in [0.3, 0.4) is 0 Å². The Bertz CT molecular complexity index is 404. The van der Waals surface area contributed by atoms with Crippen LogP contribution in [0.2, 0.25) is 0 Å². The van der Waals surface area contributed by atoms with E-state index in [0.29, 0.717) is 0 Å². The fourth-order valence-electron chi connectivity index (χ4n) is 1.45. The molecule has 0 radical (unpaired) electrons. The van der Waals surface area contributed by atoms with E-state index in [2.05, 4.69) is 0 Å². The lowest BCUT2D eigenvalue weighted by Gasteiger charge is -2.20. The first-order chi connectivity index (χ1) is 7.57. The van der Waals surface area contributed by atoms with Crippen molar-refractivity contribution >= 4 is 17.0 Å². The van der Waals surface area contributed by atoms with Crippen LogP contribution < -0.4 is 0 Å². The van der Waals surface area contributed by atoms with E-state index >= 15 is 0 Å². The molecule has 0 heterocycles. The van der Waals surface area contributed by atoms with E-state index in [1.807, 2.05) is 0 Å². The van der Waals surface area contributed by atoms with Crippen molar-refractivity contribution in [1.29, 1.82) is 0 Å². The molecule has 0 aromatic heterocycles. The lowest BCUT2D eigenvalue weighted by atomic mass is 10.0. The molecule has 2 atom stereocenters. The summed E-state index contributed by atoms with van der Waals surface area (Å²) in [5.74, 6) is -1.18. The molecular weight excluding hydrogens is 232 g/mol. The fraction of sp³-hybridized carbons (Fsp3) is 0.300. The summed E-state index contributed by atoms with van der Waals surface area (Å²) in [6.45, 7) is -0.313. The van der Waals surface area contributed by atoms with E-state index in [1.54, 1.807) is 6.07 Å². The van der Waals surface area contributed by atoms with Gasteiger partial charge in [-0.05, 0) is 29.1 Å². The SMILES string of the molecule is O=C(O)c1ccccc1C(CCO)S(=O)[O-]. The van der Waals surface area contributed by atoms with E-state index < -0.39 is 22.3 Å². The molecule has 0 aliphatic rings. The maximum Gasteiger partial charge on any atom is 0.336 e. The third-order valence-electron chi connectivity index (χ3n) is 2.16. The molecular formula is C10H11O5S-. The summed E-state index contributed by atoms with van der Waals surface area (Å²) in [4.78, 5) is 10.9. The normalized spacial score (nSPS) is 14.4. The molecule has 0 fully saturated rings. The molecule has 1 aromatic carbocycles. The zero-order valence-corrected chi connectivity index (χ0v) is 9.14. The Hall–Kier alpha value is -1.24. The summed E-state index contributed by atoms with van der Waals surface area (Å²) >= 11 is -2.45. The van der Waals surface area contributed by atoms with E-state index in [-0.39, 0.29) is 24.2 Å². The third kappa shape index (κ3) is 2.88. The highest BCUT2D eigenvalue weighted by molar-refractivity contribution is 7.79. The van der Waals surface area contributed by atoms with Crippen LogP contribution in [0.15, 0.2) is 24.3 Å². The molecule has 2 unspecified atom stereocenters. The number of carbonyl (C=O) groups is 1. The number of aliphatic hydroxyl groups excluding tert-OH is 1. The maximum atomic E-state index is 11.0. The van der Waals surface area contributed by atoms with Gasteiger partial charge in [0.05, 0.1) is 5.56 Å². The molecule has 2 N–H and O–H groups in total. The van der Waals surface area contributed by atoms with Gasteiger partial charge in [0.1, 0.15) is 0 Å². The zero-order chi connectivity index (χ0) is 12.1. The predicted molar refractivity (Wildman–Crippen MR) is 56.8 cm³/mol. The molecule has 88 valence electrons. The van der Waals surface area contributed by atoms with Gasteiger partial charge in [0, 0.05) is 11.9 Å². The fourth-order valence-corrected chi connectivity index (χ4v) is 2.16. The number of benzene rings is 1. The Labute approximate surface area is 95.0 Å². The quantitative estimate of drug-likeness (QED) is 0.741. The van der Waals surface area contributed by atoms with Gasteiger partial charge in [-0.25, -0.2) is 4.79 Å². The molecule has 1 rings (SSSR count). The van der Waals surface area contributed by atoms with E-state index in [1.165, 1.54) is 18.2 Å². The van der Waals surface area contributed by atoms with Crippen LogP contribution in [0.5, 0.6) is 0 Å². The lowest BCUT2D eigenvalue weighted by Crippen LogP contribution is -2.13. The standard InChI is InChI=1S/C10H12O5S/c11-6-5-9(16(14)15)7-3-1-2-4-8(7)10(12)13/h1-4,9,11H,5-6H2,(H,12,13)(H,14,15)/p-1. The van der Waals surface area contributed by atoms with Gasteiger partial charge < -0.3 is 14.8 Å². The Morgan fingerprint density at radius 3 is 2.56 bits per heavy atom. The summed E-state index contributed by atoms with van der Waals surface area (Å²) < 4.78 is 21.9. The summed E-state index contributed by atoms with van der Waals surface area (Å²) in [6.07, 6.45) is -0.0135. The smallest absolute Gasteiger partial charge is 0.336 e. The van der Waals surface area contributed by atoms with Gasteiger partial charge in [-0.2, -0.15) is 0 Å². The lowest BCUT2D eigenvalue weighted by molar-refractivity contribution is 0.0695. The van der Waals surface area contributed by atoms with Crippen molar-refractivity contribution in [1.82, 2.24) is 0 Å². The van der Waals surface area contributed by atoms with Crippen LogP contribution in [-0.2, 0) is 11.1 Å². The van der Waals surface area contributed by atoms with E-state index in [4.69, 9.17) is 10.2 Å². The van der Waals surface area contributed by atoms with Crippen LogP contribution in [0, 0.1) is 0 Å². The molecule has 0 saturated heterocycles. The molecule has 5 nitrogen and oxygen atoms in total. The Balaban J connectivity index is 3.17. The molecule has 1 aromatic rings. The monoisotopic (exact) mass is 243 g/mol. The van der Waals surface area contributed by atoms with Crippen molar-refractivity contribution in [2.75, 3.05) is 6.61 Å². The Morgan fingerprint density at radius 2 is 2.06 bits per heavy atom. The van der Waals surface area contributed by atoms with Crippen molar-refractivity contribution in [3.63, 3.8) is 0 Å². The van der Waals surface area contributed by atoms with Crippen LogP contribution in [-0.4, -0.2) is 31.6 Å². The number of rotatable bonds is 5. The summed E-state index contributed by atoms with van der Waals surface area (Å²) in [5.41, 5.74) is 0.155. The van der Waals surface area contributed by atoms with Crippen LogP contribution in [0.25, 0.3) is 0 Å². The van der Waals surface area contributed by atoms with Crippen molar-refractivity contribution in [2.24, 2.45) is 0 Å². The summed E-state index contributed by atoms with van der Waals surface area (Å²) in [6, 6.07) is 5.88. The minimum Gasteiger partial charge on any atom is -0.772 e. The highest BCUT2D eigenvalue weighted by Crippen LogP contribution is 2.25. The minimum atomic E-state index is -2.45. The first-order valence-corrected chi connectivity index (χ1v) is 5.73. The number of aromatic carboxylic acids is 1. The van der Waals surface area contributed by atoms with Crippen LogP contribution in [0.4, 0.5) is 0 Å². The highest BCUT2D eigenvalue weighted by atomic mass is 32.2. The molecule has 6 heteroatoms. The molecule has 0 bridgehead atoms. The number of aliphatic hydroxyl groups is 1. The molecule has 0 spiro atoms. The first kappa shape index (κ1) is 12.8. The second kappa shape index (κ2) is 5.74. The predicted octanol–water partition coefficient (Wildman–Crippen LogP) is 0.687. The largest absolute Gasteiger partial charge is 0.772 e. The van der Waals surface area contributed by atoms with Crippen LogP contribution >= 0.6 is 0 Å². The van der Waals surface area contributed by atoms with Gasteiger partial charge in [-0.3, -0.25) is 4.21 Å². The zero-order valence-electron chi connectivity index (χ0n) is 8.33. The van der Waals surface area contributed by atoms with Gasteiger partial charge in [-0.1, -0.05) is 18.2 Å². The highest BCUT2D eigenvalue weighted by Gasteiger charge is 2.18. The maximum absolute atomic E-state index is 11.0. The van der Waals surface area contributed by atoms with Gasteiger partial charge in [0.15, 0.2) is 0 Å². The second-order valence-corrected chi connectivity index (χ2v) is 4.24. The van der Waals surface area contributed by atoms with Gasteiger partial charge in [0.2, 0.25) is 0 Å². The minimum absolute atomic E-state index is 0.0135. The molecule has 0 saturated carbocycles.